The second-order valence-corrected chi connectivity index (χ2v) is 6.30. The molecular formula is C14H25IN4O3S. The average Bonchev–Trinajstić information content (AvgIpc) is 2.46. The van der Waals surface area contributed by atoms with Gasteiger partial charge in [-0.1, -0.05) is 18.2 Å². The van der Waals surface area contributed by atoms with Crippen molar-refractivity contribution >= 4 is 40.0 Å². The molecule has 0 aliphatic rings. The molecule has 0 heterocycles. The standard InChI is InChI=1S/C14H24N4O3S.HI/c1-2-16-14(18-10-12-22(15,19)20)17-9-6-11-21-13-7-4-3-5-8-13;/h3-5,7-8H,2,6,9-12H2,1H3,(H2,15,19,20)(H2,16,17,18);1H. The topological polar surface area (TPSA) is 106 Å². The number of nitrogens with zero attached hydrogens (tertiary/aromatic N) is 1. The molecule has 0 saturated heterocycles. The fraction of sp³-hybridized carbons (Fsp3) is 0.500. The van der Waals surface area contributed by atoms with Crippen molar-refractivity contribution in [2.45, 2.75) is 13.3 Å². The molecule has 0 saturated carbocycles. The van der Waals surface area contributed by atoms with E-state index in [2.05, 4.69) is 15.6 Å². The fourth-order valence-electron chi connectivity index (χ4n) is 1.62. The molecule has 0 aromatic heterocycles. The summed E-state index contributed by atoms with van der Waals surface area (Å²) in [6, 6.07) is 9.59. The highest BCUT2D eigenvalue weighted by molar-refractivity contribution is 14.0. The molecule has 9 heteroatoms. The quantitative estimate of drug-likeness (QED) is 0.222. The molecule has 0 unspecified atom stereocenters. The smallest absolute Gasteiger partial charge is 0.210 e. The molecule has 23 heavy (non-hydrogen) atoms. The van der Waals surface area contributed by atoms with Gasteiger partial charge in [-0.05, 0) is 19.1 Å². The first kappa shape index (κ1) is 21.9. The number of guanidine groups is 1. The van der Waals surface area contributed by atoms with Crippen LogP contribution in [0.2, 0.25) is 0 Å². The summed E-state index contributed by atoms with van der Waals surface area (Å²) in [6.07, 6.45) is 0.765. The third kappa shape index (κ3) is 12.1. The van der Waals surface area contributed by atoms with Crippen LogP contribution in [0.3, 0.4) is 0 Å². The number of aliphatic imine (C=N–C) groups is 1. The van der Waals surface area contributed by atoms with Crippen LogP contribution >= 0.6 is 24.0 Å². The first-order chi connectivity index (χ1) is 10.5. The summed E-state index contributed by atoms with van der Waals surface area (Å²) in [6.45, 7) is 4.02. The van der Waals surface area contributed by atoms with E-state index in [1.54, 1.807) is 0 Å². The van der Waals surface area contributed by atoms with Crippen molar-refractivity contribution in [1.82, 2.24) is 10.6 Å². The van der Waals surface area contributed by atoms with Gasteiger partial charge in [0.25, 0.3) is 0 Å². The highest BCUT2D eigenvalue weighted by Gasteiger charge is 2.03. The van der Waals surface area contributed by atoms with Gasteiger partial charge in [0.1, 0.15) is 5.75 Å². The zero-order valence-electron chi connectivity index (χ0n) is 13.2. The normalized spacial score (nSPS) is 11.5. The van der Waals surface area contributed by atoms with Gasteiger partial charge in [0.2, 0.25) is 10.0 Å². The van der Waals surface area contributed by atoms with Gasteiger partial charge in [0.15, 0.2) is 5.96 Å². The molecule has 0 atom stereocenters. The Kier molecular flexibility index (Phi) is 11.8. The number of primary sulfonamides is 1. The summed E-state index contributed by atoms with van der Waals surface area (Å²) >= 11 is 0. The molecule has 0 radical (unpaired) electrons. The first-order valence-electron chi connectivity index (χ1n) is 7.22. The monoisotopic (exact) mass is 456 g/mol. The number of halogens is 1. The number of nitrogens with one attached hydrogen (secondary N) is 2. The lowest BCUT2D eigenvalue weighted by Crippen LogP contribution is -2.40. The van der Waals surface area contributed by atoms with E-state index >= 15 is 0 Å². The van der Waals surface area contributed by atoms with Crippen LogP contribution in [0.4, 0.5) is 0 Å². The SMILES string of the molecule is CCNC(=NCCCOc1ccccc1)NCCS(N)(=O)=O.I. The highest BCUT2D eigenvalue weighted by atomic mass is 127. The third-order valence-electron chi connectivity index (χ3n) is 2.61. The van der Waals surface area contributed by atoms with Gasteiger partial charge < -0.3 is 15.4 Å². The molecule has 1 aromatic rings. The summed E-state index contributed by atoms with van der Waals surface area (Å²) in [5.74, 6) is 1.28. The zero-order valence-corrected chi connectivity index (χ0v) is 16.3. The van der Waals surface area contributed by atoms with E-state index in [9.17, 15) is 8.42 Å². The summed E-state index contributed by atoms with van der Waals surface area (Å²) in [4.78, 5) is 4.34. The molecule has 0 spiro atoms. The van der Waals surface area contributed by atoms with Crippen molar-refractivity contribution < 1.29 is 13.2 Å². The lowest BCUT2D eigenvalue weighted by Gasteiger charge is -2.10. The van der Waals surface area contributed by atoms with Gasteiger partial charge in [-0.25, -0.2) is 13.6 Å². The van der Waals surface area contributed by atoms with Crippen LogP contribution in [0.15, 0.2) is 35.3 Å². The third-order valence-corrected chi connectivity index (χ3v) is 3.38. The maximum Gasteiger partial charge on any atom is 0.210 e. The summed E-state index contributed by atoms with van der Waals surface area (Å²) in [5.41, 5.74) is 0. The van der Waals surface area contributed by atoms with Crippen molar-refractivity contribution in [2.24, 2.45) is 10.1 Å². The number of hydrogen-bond donors (Lipinski definition) is 3. The van der Waals surface area contributed by atoms with Crippen LogP contribution in [-0.4, -0.2) is 46.4 Å². The molecule has 132 valence electrons. The number of para-hydroxylation sites is 1. The Morgan fingerprint density at radius 1 is 1.26 bits per heavy atom. The van der Waals surface area contributed by atoms with E-state index in [0.717, 1.165) is 12.2 Å². The Labute approximate surface area is 155 Å². The molecule has 0 fully saturated rings. The Hall–Kier alpha value is -1.07. The first-order valence-corrected chi connectivity index (χ1v) is 8.93. The van der Waals surface area contributed by atoms with Crippen molar-refractivity contribution in [1.29, 1.82) is 0 Å². The van der Waals surface area contributed by atoms with Crippen LogP contribution in [-0.2, 0) is 10.0 Å². The number of rotatable bonds is 9. The van der Waals surface area contributed by atoms with E-state index < -0.39 is 10.0 Å². The van der Waals surface area contributed by atoms with Crippen LogP contribution < -0.4 is 20.5 Å². The predicted molar refractivity (Wildman–Crippen MR) is 104 cm³/mol. The summed E-state index contributed by atoms with van der Waals surface area (Å²) in [5, 5.41) is 10.9. The molecule has 1 rings (SSSR count). The second-order valence-electron chi connectivity index (χ2n) is 4.57. The second kappa shape index (κ2) is 12.4. The molecule has 0 amide bonds. The van der Waals surface area contributed by atoms with E-state index in [-0.39, 0.29) is 36.3 Å². The van der Waals surface area contributed by atoms with Crippen LogP contribution in [0.5, 0.6) is 5.75 Å². The predicted octanol–water partition coefficient (Wildman–Crippen LogP) is 0.917. The Bertz CT molecular complexity index is 552. The molecule has 0 aliphatic heterocycles. The van der Waals surface area contributed by atoms with E-state index in [4.69, 9.17) is 9.88 Å². The van der Waals surface area contributed by atoms with Gasteiger partial charge in [-0.2, -0.15) is 0 Å². The molecule has 4 N–H and O–H groups in total. The van der Waals surface area contributed by atoms with Gasteiger partial charge in [0.05, 0.1) is 12.4 Å². The van der Waals surface area contributed by atoms with Gasteiger partial charge in [-0.15, -0.1) is 24.0 Å². The zero-order chi connectivity index (χ0) is 16.3. The van der Waals surface area contributed by atoms with Crippen molar-refractivity contribution in [2.75, 3.05) is 32.0 Å². The number of sulfonamides is 1. The van der Waals surface area contributed by atoms with Gasteiger partial charge in [0, 0.05) is 26.1 Å². The van der Waals surface area contributed by atoms with Crippen LogP contribution in [0.25, 0.3) is 0 Å². The van der Waals surface area contributed by atoms with E-state index in [0.29, 0.717) is 25.7 Å². The van der Waals surface area contributed by atoms with Crippen LogP contribution in [0, 0.1) is 0 Å². The highest BCUT2D eigenvalue weighted by Crippen LogP contribution is 2.08. The summed E-state index contributed by atoms with van der Waals surface area (Å²) < 4.78 is 27.3. The van der Waals surface area contributed by atoms with E-state index in [1.807, 2.05) is 37.3 Å². The fourth-order valence-corrected chi connectivity index (χ4v) is 2.00. The molecular weight excluding hydrogens is 431 g/mol. The molecule has 7 nitrogen and oxygen atoms in total. The largest absolute Gasteiger partial charge is 0.494 e. The van der Waals surface area contributed by atoms with Crippen molar-refractivity contribution in [3.05, 3.63) is 30.3 Å². The lowest BCUT2D eigenvalue weighted by molar-refractivity contribution is 0.313. The Morgan fingerprint density at radius 3 is 2.57 bits per heavy atom. The van der Waals surface area contributed by atoms with Crippen LogP contribution in [0.1, 0.15) is 13.3 Å². The average molecular weight is 456 g/mol. The Morgan fingerprint density at radius 2 is 1.96 bits per heavy atom. The number of benzene rings is 1. The van der Waals surface area contributed by atoms with E-state index in [1.165, 1.54) is 0 Å². The lowest BCUT2D eigenvalue weighted by atomic mass is 10.3. The number of hydrogen-bond acceptors (Lipinski definition) is 4. The molecule has 0 bridgehead atoms. The minimum absolute atomic E-state index is 0. The number of nitrogens with two attached hydrogens (primary N) is 1. The molecule has 0 aliphatic carbocycles. The maximum atomic E-state index is 10.9. The minimum Gasteiger partial charge on any atom is -0.494 e. The number of ether oxygens (including phenoxy) is 1. The van der Waals surface area contributed by atoms with Gasteiger partial charge in [-0.3, -0.25) is 4.99 Å². The molecule has 1 aromatic carbocycles. The summed E-state index contributed by atoms with van der Waals surface area (Å²) in [7, 11) is -3.46. The van der Waals surface area contributed by atoms with Crippen molar-refractivity contribution in [3.8, 4) is 5.75 Å². The minimum atomic E-state index is -3.46. The maximum absolute atomic E-state index is 10.9. The van der Waals surface area contributed by atoms with Gasteiger partial charge >= 0.3 is 0 Å². The Balaban J connectivity index is 0.00000484. The van der Waals surface area contributed by atoms with Crippen molar-refractivity contribution in [3.63, 3.8) is 0 Å².